The summed E-state index contributed by atoms with van der Waals surface area (Å²) in [5.74, 6) is -0.681. The molecule has 5 nitrogen and oxygen atoms in total. The molecule has 0 aliphatic carbocycles. The Labute approximate surface area is 118 Å². The van der Waals surface area contributed by atoms with Crippen LogP contribution in [0.4, 0.5) is 18.9 Å². The van der Waals surface area contributed by atoms with Gasteiger partial charge in [-0.05, 0) is 19.1 Å². The van der Waals surface area contributed by atoms with Crippen molar-refractivity contribution in [3.05, 3.63) is 53.6 Å². The van der Waals surface area contributed by atoms with Crippen LogP contribution in [0.2, 0.25) is 0 Å². The fourth-order valence-corrected chi connectivity index (χ4v) is 1.54. The van der Waals surface area contributed by atoms with E-state index in [4.69, 9.17) is 0 Å². The van der Waals surface area contributed by atoms with Crippen molar-refractivity contribution in [1.82, 2.24) is 15.4 Å². The maximum absolute atomic E-state index is 12.8. The van der Waals surface area contributed by atoms with E-state index >= 15 is 0 Å². The van der Waals surface area contributed by atoms with Crippen molar-refractivity contribution in [3.8, 4) is 0 Å². The smallest absolute Gasteiger partial charge is 0.298 e. The van der Waals surface area contributed by atoms with Crippen molar-refractivity contribution in [3.63, 3.8) is 0 Å². The monoisotopic (exact) mass is 296 g/mol. The van der Waals surface area contributed by atoms with Gasteiger partial charge in [-0.15, -0.1) is 0 Å². The van der Waals surface area contributed by atoms with E-state index in [9.17, 15) is 18.0 Å². The quantitative estimate of drug-likeness (QED) is 0.854. The van der Waals surface area contributed by atoms with Gasteiger partial charge in [-0.2, -0.15) is 13.2 Å². The van der Waals surface area contributed by atoms with Crippen molar-refractivity contribution in [2.45, 2.75) is 13.1 Å². The highest BCUT2D eigenvalue weighted by Crippen LogP contribution is 2.34. The van der Waals surface area contributed by atoms with Gasteiger partial charge in [0.1, 0.15) is 5.69 Å². The molecular formula is C13H11F3N4O. The molecule has 8 heteroatoms. The summed E-state index contributed by atoms with van der Waals surface area (Å²) in [6.45, 7) is 1.70. The van der Waals surface area contributed by atoms with Crippen LogP contribution in [0.3, 0.4) is 0 Å². The number of carbonyl (C=O) groups excluding carboxylic acids is 1. The second kappa shape index (κ2) is 5.78. The second-order valence-electron chi connectivity index (χ2n) is 4.17. The summed E-state index contributed by atoms with van der Waals surface area (Å²) in [7, 11) is 0. The number of nitrogens with one attached hydrogen (secondary N) is 2. The molecule has 1 heterocycles. The summed E-state index contributed by atoms with van der Waals surface area (Å²) < 4.78 is 38.3. The highest BCUT2D eigenvalue weighted by atomic mass is 19.4. The summed E-state index contributed by atoms with van der Waals surface area (Å²) >= 11 is 0. The molecule has 0 radical (unpaired) electrons. The van der Waals surface area contributed by atoms with Crippen LogP contribution in [0.15, 0.2) is 36.7 Å². The molecule has 0 saturated carbocycles. The van der Waals surface area contributed by atoms with E-state index in [-0.39, 0.29) is 11.4 Å². The van der Waals surface area contributed by atoms with E-state index in [2.05, 4.69) is 20.8 Å². The Hall–Kier alpha value is -2.64. The molecule has 1 aromatic heterocycles. The fourth-order valence-electron chi connectivity index (χ4n) is 1.54. The second-order valence-corrected chi connectivity index (χ2v) is 4.17. The highest BCUT2D eigenvalue weighted by Gasteiger charge is 2.33. The summed E-state index contributed by atoms with van der Waals surface area (Å²) in [6.07, 6.45) is -1.89. The molecule has 0 atom stereocenters. The molecule has 2 aromatic rings. The van der Waals surface area contributed by atoms with Crippen LogP contribution in [0.25, 0.3) is 0 Å². The van der Waals surface area contributed by atoms with Crippen molar-refractivity contribution in [2.24, 2.45) is 0 Å². The number of rotatable bonds is 3. The fraction of sp³-hybridized carbons (Fsp3) is 0.154. The standard InChI is InChI=1S/C13H11F3N4O/c1-8-6-18-11(7-17-8)12(21)20-19-10-5-3-2-4-9(10)13(14,15)16/h2-7,19H,1H3,(H,20,21). The average Bonchev–Trinajstić information content (AvgIpc) is 2.45. The maximum atomic E-state index is 12.8. The molecular weight excluding hydrogens is 285 g/mol. The van der Waals surface area contributed by atoms with Crippen LogP contribution >= 0.6 is 0 Å². The first-order valence-corrected chi connectivity index (χ1v) is 5.89. The molecule has 0 spiro atoms. The first kappa shape index (κ1) is 14.8. The van der Waals surface area contributed by atoms with Gasteiger partial charge in [-0.3, -0.25) is 20.6 Å². The number of halogens is 3. The zero-order valence-electron chi connectivity index (χ0n) is 10.9. The topological polar surface area (TPSA) is 66.9 Å². The SMILES string of the molecule is Cc1cnc(C(=O)NNc2ccccc2C(F)(F)F)cn1. The normalized spacial score (nSPS) is 11.0. The number of aromatic nitrogens is 2. The zero-order valence-corrected chi connectivity index (χ0v) is 10.9. The molecule has 0 bridgehead atoms. The Balaban J connectivity index is 2.10. The number of alkyl halides is 3. The van der Waals surface area contributed by atoms with Gasteiger partial charge in [0.2, 0.25) is 0 Å². The van der Waals surface area contributed by atoms with E-state index in [1.165, 1.54) is 30.6 Å². The van der Waals surface area contributed by atoms with Crippen LogP contribution in [0.5, 0.6) is 0 Å². The Morgan fingerprint density at radius 2 is 1.86 bits per heavy atom. The first-order valence-electron chi connectivity index (χ1n) is 5.89. The average molecular weight is 296 g/mol. The summed E-state index contributed by atoms with van der Waals surface area (Å²) in [4.78, 5) is 19.4. The van der Waals surface area contributed by atoms with Crippen molar-refractivity contribution < 1.29 is 18.0 Å². The maximum Gasteiger partial charge on any atom is 0.418 e. The third-order valence-electron chi connectivity index (χ3n) is 2.56. The zero-order chi connectivity index (χ0) is 15.5. The van der Waals surface area contributed by atoms with E-state index < -0.39 is 17.6 Å². The number of anilines is 1. The number of para-hydroxylation sites is 1. The van der Waals surface area contributed by atoms with E-state index in [0.29, 0.717) is 5.69 Å². The Morgan fingerprint density at radius 1 is 1.14 bits per heavy atom. The van der Waals surface area contributed by atoms with E-state index in [0.717, 1.165) is 6.07 Å². The number of hydrogen-bond acceptors (Lipinski definition) is 4. The van der Waals surface area contributed by atoms with Gasteiger partial charge in [0.05, 0.1) is 23.1 Å². The van der Waals surface area contributed by atoms with Gasteiger partial charge < -0.3 is 0 Å². The lowest BCUT2D eigenvalue weighted by molar-refractivity contribution is -0.137. The predicted octanol–water partition coefficient (Wildman–Crippen LogP) is 2.56. The van der Waals surface area contributed by atoms with Crippen LogP contribution in [0.1, 0.15) is 21.7 Å². The minimum absolute atomic E-state index is 0.00223. The molecule has 0 fully saturated rings. The van der Waals surface area contributed by atoms with Crippen molar-refractivity contribution in [1.29, 1.82) is 0 Å². The Morgan fingerprint density at radius 3 is 2.48 bits per heavy atom. The number of hydrogen-bond donors (Lipinski definition) is 2. The lowest BCUT2D eigenvalue weighted by atomic mass is 10.2. The van der Waals surface area contributed by atoms with Crippen LogP contribution in [0, 0.1) is 6.92 Å². The van der Waals surface area contributed by atoms with Crippen molar-refractivity contribution in [2.75, 3.05) is 5.43 Å². The molecule has 1 amide bonds. The number of amides is 1. The van der Waals surface area contributed by atoms with E-state index in [1.54, 1.807) is 6.92 Å². The van der Waals surface area contributed by atoms with Crippen LogP contribution < -0.4 is 10.9 Å². The van der Waals surface area contributed by atoms with Crippen molar-refractivity contribution >= 4 is 11.6 Å². The number of carbonyl (C=O) groups is 1. The molecule has 1 aromatic carbocycles. The van der Waals surface area contributed by atoms with Gasteiger partial charge in [0.25, 0.3) is 5.91 Å². The predicted molar refractivity (Wildman–Crippen MR) is 69.3 cm³/mol. The minimum atomic E-state index is -4.52. The summed E-state index contributed by atoms with van der Waals surface area (Å²) in [5.41, 5.74) is 3.90. The van der Waals surface area contributed by atoms with Crippen LogP contribution in [-0.4, -0.2) is 15.9 Å². The summed E-state index contributed by atoms with van der Waals surface area (Å²) in [5, 5.41) is 0. The third-order valence-corrected chi connectivity index (χ3v) is 2.56. The highest BCUT2D eigenvalue weighted by molar-refractivity contribution is 5.92. The molecule has 0 aliphatic rings. The number of nitrogens with zero attached hydrogens (tertiary/aromatic N) is 2. The molecule has 0 unspecified atom stereocenters. The first-order chi connectivity index (χ1) is 9.88. The number of hydrazine groups is 1. The minimum Gasteiger partial charge on any atom is -0.298 e. The van der Waals surface area contributed by atoms with E-state index in [1.807, 2.05) is 0 Å². The Bertz CT molecular complexity index is 641. The molecule has 2 N–H and O–H groups in total. The van der Waals surface area contributed by atoms with Gasteiger partial charge in [0.15, 0.2) is 0 Å². The number of aryl methyl sites for hydroxylation is 1. The molecule has 0 aliphatic heterocycles. The molecule has 0 saturated heterocycles. The van der Waals surface area contributed by atoms with Gasteiger partial charge in [-0.1, -0.05) is 12.1 Å². The lowest BCUT2D eigenvalue weighted by Gasteiger charge is -2.14. The lowest BCUT2D eigenvalue weighted by Crippen LogP contribution is -2.31. The number of benzene rings is 1. The summed E-state index contributed by atoms with van der Waals surface area (Å²) in [6, 6.07) is 4.82. The van der Waals surface area contributed by atoms with Gasteiger partial charge in [-0.25, -0.2) is 4.98 Å². The largest absolute Gasteiger partial charge is 0.418 e. The van der Waals surface area contributed by atoms with Gasteiger partial charge in [0, 0.05) is 6.20 Å². The molecule has 21 heavy (non-hydrogen) atoms. The van der Waals surface area contributed by atoms with Crippen LogP contribution in [-0.2, 0) is 6.18 Å². The third kappa shape index (κ3) is 3.68. The molecule has 110 valence electrons. The molecule has 2 rings (SSSR count). The Kier molecular flexibility index (Phi) is 4.06. The van der Waals surface area contributed by atoms with Gasteiger partial charge >= 0.3 is 6.18 Å².